The highest BCUT2D eigenvalue weighted by Crippen LogP contribution is 2.30. The summed E-state index contributed by atoms with van der Waals surface area (Å²) in [7, 11) is 0. The van der Waals surface area contributed by atoms with Crippen molar-refractivity contribution < 1.29 is 19.2 Å². The number of nitrogens with one attached hydrogen (secondary N) is 2. The quantitative estimate of drug-likeness (QED) is 0.386. The maximum absolute atomic E-state index is 12.1. The number of nitrogens with zero attached hydrogens (tertiary/aromatic N) is 1. The molecule has 2 N–H and O–H groups in total. The van der Waals surface area contributed by atoms with Crippen LogP contribution in [0.1, 0.15) is 6.42 Å². The van der Waals surface area contributed by atoms with Gasteiger partial charge >= 0.3 is 5.97 Å². The van der Waals surface area contributed by atoms with Gasteiger partial charge in [-0.05, 0) is 18.2 Å². The summed E-state index contributed by atoms with van der Waals surface area (Å²) < 4.78 is 5.17. The SMILES string of the molecule is O=C(C[C@H]1Nc2ccccc2OC1=O)Nc1ccccc1[N+](=O)[O-]. The van der Waals surface area contributed by atoms with Crippen LogP contribution in [0.3, 0.4) is 0 Å². The van der Waals surface area contributed by atoms with Gasteiger partial charge in [0, 0.05) is 6.07 Å². The Morgan fingerprint density at radius 2 is 1.92 bits per heavy atom. The second-order valence-corrected chi connectivity index (χ2v) is 5.14. The molecule has 1 aliphatic rings. The molecule has 0 unspecified atom stereocenters. The van der Waals surface area contributed by atoms with Gasteiger partial charge in [-0.2, -0.15) is 0 Å². The first-order valence-corrected chi connectivity index (χ1v) is 7.15. The van der Waals surface area contributed by atoms with E-state index >= 15 is 0 Å². The molecule has 1 amide bonds. The molecular weight excluding hydrogens is 314 g/mol. The topological polar surface area (TPSA) is 111 Å². The van der Waals surface area contributed by atoms with E-state index in [0.717, 1.165) is 0 Å². The molecule has 0 spiro atoms. The third-order valence-corrected chi connectivity index (χ3v) is 3.48. The standard InChI is InChI=1S/C16H13N3O5/c20-15(18-10-5-1-3-7-13(10)19(22)23)9-12-16(21)24-14-8-4-2-6-11(14)17-12/h1-8,12,17H,9H2,(H,18,20)/t12-/m1/s1. The Bertz CT molecular complexity index is 821. The van der Waals surface area contributed by atoms with Crippen molar-refractivity contribution in [1.29, 1.82) is 0 Å². The van der Waals surface area contributed by atoms with E-state index in [1.54, 1.807) is 30.3 Å². The minimum absolute atomic E-state index is 0.0806. The third-order valence-electron chi connectivity index (χ3n) is 3.48. The fourth-order valence-corrected chi connectivity index (χ4v) is 2.36. The molecule has 0 saturated carbocycles. The number of hydrogen-bond acceptors (Lipinski definition) is 6. The van der Waals surface area contributed by atoms with E-state index in [-0.39, 0.29) is 17.8 Å². The molecule has 8 nitrogen and oxygen atoms in total. The van der Waals surface area contributed by atoms with Crippen LogP contribution in [0.5, 0.6) is 5.75 Å². The third kappa shape index (κ3) is 3.17. The summed E-state index contributed by atoms with van der Waals surface area (Å²) in [6.07, 6.45) is -0.209. The van der Waals surface area contributed by atoms with Crippen LogP contribution >= 0.6 is 0 Å². The van der Waals surface area contributed by atoms with Crippen molar-refractivity contribution in [1.82, 2.24) is 0 Å². The van der Waals surface area contributed by atoms with Crippen LogP contribution < -0.4 is 15.4 Å². The highest BCUT2D eigenvalue weighted by molar-refractivity contribution is 5.98. The Morgan fingerprint density at radius 1 is 1.21 bits per heavy atom. The van der Waals surface area contributed by atoms with Crippen LogP contribution in [0.25, 0.3) is 0 Å². The summed E-state index contributed by atoms with van der Waals surface area (Å²) in [4.78, 5) is 34.4. The Balaban J connectivity index is 1.70. The minimum atomic E-state index is -0.859. The van der Waals surface area contributed by atoms with E-state index in [1.165, 1.54) is 18.2 Å². The van der Waals surface area contributed by atoms with Gasteiger partial charge in [-0.1, -0.05) is 24.3 Å². The molecule has 2 aromatic carbocycles. The zero-order chi connectivity index (χ0) is 17.1. The molecule has 8 heteroatoms. The van der Waals surface area contributed by atoms with Crippen LogP contribution in [0.2, 0.25) is 0 Å². The van der Waals surface area contributed by atoms with E-state index in [9.17, 15) is 19.7 Å². The predicted molar refractivity (Wildman–Crippen MR) is 85.8 cm³/mol. The molecule has 0 radical (unpaired) electrons. The van der Waals surface area contributed by atoms with Gasteiger partial charge in [-0.3, -0.25) is 14.9 Å². The van der Waals surface area contributed by atoms with Gasteiger partial charge in [0.2, 0.25) is 5.91 Å². The summed E-state index contributed by atoms with van der Waals surface area (Å²) in [5, 5.41) is 16.3. The first-order valence-electron chi connectivity index (χ1n) is 7.15. The fraction of sp³-hybridized carbons (Fsp3) is 0.125. The molecule has 0 aliphatic carbocycles. The Hall–Kier alpha value is -3.42. The number of para-hydroxylation sites is 4. The van der Waals surface area contributed by atoms with Gasteiger partial charge in [-0.25, -0.2) is 4.79 Å². The predicted octanol–water partition coefficient (Wildman–Crippen LogP) is 2.32. The monoisotopic (exact) mass is 327 g/mol. The average Bonchev–Trinajstić information content (AvgIpc) is 2.55. The van der Waals surface area contributed by atoms with Crippen LogP contribution in [0.4, 0.5) is 17.1 Å². The smallest absolute Gasteiger partial charge is 0.334 e. The second kappa shape index (κ2) is 6.37. The number of nitro groups is 1. The molecule has 0 bridgehead atoms. The molecule has 2 aromatic rings. The van der Waals surface area contributed by atoms with E-state index in [4.69, 9.17) is 4.74 Å². The zero-order valence-electron chi connectivity index (χ0n) is 12.4. The van der Waals surface area contributed by atoms with Crippen LogP contribution in [-0.4, -0.2) is 22.8 Å². The molecule has 1 heterocycles. The van der Waals surface area contributed by atoms with Crippen LogP contribution in [-0.2, 0) is 9.59 Å². The molecule has 0 aromatic heterocycles. The number of hydrogen-bond donors (Lipinski definition) is 2. The number of amides is 1. The zero-order valence-corrected chi connectivity index (χ0v) is 12.4. The van der Waals surface area contributed by atoms with Crippen molar-refractivity contribution in [3.05, 3.63) is 58.6 Å². The molecule has 122 valence electrons. The average molecular weight is 327 g/mol. The molecule has 3 rings (SSSR count). The van der Waals surface area contributed by atoms with Gasteiger partial charge in [0.25, 0.3) is 5.69 Å². The number of benzene rings is 2. The summed E-state index contributed by atoms with van der Waals surface area (Å²) in [6.45, 7) is 0. The summed E-state index contributed by atoms with van der Waals surface area (Å²) in [6, 6.07) is 11.8. The van der Waals surface area contributed by atoms with Crippen LogP contribution in [0, 0.1) is 10.1 Å². The minimum Gasteiger partial charge on any atom is -0.423 e. The van der Waals surface area contributed by atoms with Crippen molar-refractivity contribution in [2.24, 2.45) is 0 Å². The van der Waals surface area contributed by atoms with E-state index in [0.29, 0.717) is 11.4 Å². The molecule has 24 heavy (non-hydrogen) atoms. The lowest BCUT2D eigenvalue weighted by molar-refractivity contribution is -0.383. The van der Waals surface area contributed by atoms with E-state index < -0.39 is 22.8 Å². The number of carbonyl (C=O) groups is 2. The lowest BCUT2D eigenvalue weighted by Gasteiger charge is -2.24. The van der Waals surface area contributed by atoms with Gasteiger partial charge in [0.1, 0.15) is 11.7 Å². The van der Waals surface area contributed by atoms with Crippen molar-refractivity contribution in [2.45, 2.75) is 12.5 Å². The van der Waals surface area contributed by atoms with Gasteiger partial charge in [0.05, 0.1) is 17.0 Å². The first kappa shape index (κ1) is 15.5. The Morgan fingerprint density at radius 3 is 2.71 bits per heavy atom. The summed E-state index contributed by atoms with van der Waals surface area (Å²) >= 11 is 0. The van der Waals surface area contributed by atoms with Gasteiger partial charge in [0.15, 0.2) is 5.75 Å². The highest BCUT2D eigenvalue weighted by Gasteiger charge is 2.30. The number of rotatable bonds is 4. The number of esters is 1. The fourth-order valence-electron chi connectivity index (χ4n) is 2.36. The van der Waals surface area contributed by atoms with Crippen molar-refractivity contribution in [2.75, 3.05) is 10.6 Å². The number of nitro benzene ring substituents is 1. The summed E-state index contributed by atoms with van der Waals surface area (Å²) in [5.74, 6) is -0.706. The highest BCUT2D eigenvalue weighted by atomic mass is 16.6. The van der Waals surface area contributed by atoms with Crippen LogP contribution in [0.15, 0.2) is 48.5 Å². The van der Waals surface area contributed by atoms with Crippen molar-refractivity contribution in [3.8, 4) is 5.75 Å². The number of fused-ring (bicyclic) bond motifs is 1. The largest absolute Gasteiger partial charge is 0.423 e. The second-order valence-electron chi connectivity index (χ2n) is 5.14. The maximum atomic E-state index is 12.1. The van der Waals surface area contributed by atoms with Gasteiger partial charge < -0.3 is 15.4 Å². The van der Waals surface area contributed by atoms with Crippen molar-refractivity contribution in [3.63, 3.8) is 0 Å². The van der Waals surface area contributed by atoms with E-state index in [2.05, 4.69) is 10.6 Å². The van der Waals surface area contributed by atoms with Gasteiger partial charge in [-0.15, -0.1) is 0 Å². The maximum Gasteiger partial charge on any atom is 0.334 e. The Labute approximate surface area is 136 Å². The summed E-state index contributed by atoms with van der Waals surface area (Å²) in [5.41, 5.74) is 0.480. The Kier molecular flexibility index (Phi) is 4.11. The lowest BCUT2D eigenvalue weighted by Crippen LogP contribution is -2.39. The number of carbonyl (C=O) groups excluding carboxylic acids is 2. The number of ether oxygens (including phenoxy) is 1. The number of anilines is 2. The normalized spacial score (nSPS) is 15.7. The molecule has 1 atom stereocenters. The van der Waals surface area contributed by atoms with E-state index in [1.807, 2.05) is 0 Å². The first-order chi connectivity index (χ1) is 11.5. The molecule has 0 fully saturated rings. The molecule has 0 saturated heterocycles. The lowest BCUT2D eigenvalue weighted by atomic mass is 10.1. The molecular formula is C16H13N3O5. The molecule has 1 aliphatic heterocycles. The van der Waals surface area contributed by atoms with Crippen molar-refractivity contribution >= 4 is 28.9 Å².